The monoisotopic (exact) mass is 628 g/mol. The number of allylic oxidation sites excluding steroid dienone is 4. The van der Waals surface area contributed by atoms with Crippen molar-refractivity contribution in [2.75, 3.05) is 12.3 Å². The van der Waals surface area contributed by atoms with Gasteiger partial charge in [-0.2, -0.15) is 13.2 Å². The Hall–Kier alpha value is -4.08. The van der Waals surface area contributed by atoms with E-state index in [0.29, 0.717) is 5.16 Å². The summed E-state index contributed by atoms with van der Waals surface area (Å²) >= 11 is 1.65. The van der Waals surface area contributed by atoms with Crippen LogP contribution in [0, 0.1) is 0 Å². The van der Waals surface area contributed by atoms with Crippen LogP contribution in [0.2, 0.25) is 0 Å². The maximum absolute atomic E-state index is 12.6. The molecule has 0 spiro atoms. The molecule has 0 fully saturated rings. The van der Waals surface area contributed by atoms with Gasteiger partial charge in [0, 0.05) is 16.9 Å². The fourth-order valence-electron chi connectivity index (χ4n) is 5.93. The highest BCUT2D eigenvalue weighted by molar-refractivity contribution is 7.99. The summed E-state index contributed by atoms with van der Waals surface area (Å²) in [5, 5.41) is 9.75. The predicted molar refractivity (Wildman–Crippen MR) is 174 cm³/mol. The Balaban J connectivity index is 0.000000609. The molecule has 1 aromatic heterocycles. The highest BCUT2D eigenvalue weighted by Gasteiger charge is 2.43. The lowest BCUT2D eigenvalue weighted by Crippen LogP contribution is -2.29. The van der Waals surface area contributed by atoms with Crippen molar-refractivity contribution in [2.24, 2.45) is 5.73 Å². The first-order valence-corrected chi connectivity index (χ1v) is 16.1. The van der Waals surface area contributed by atoms with Gasteiger partial charge in [0.1, 0.15) is 17.7 Å². The number of aldehydes is 1. The van der Waals surface area contributed by atoms with Crippen LogP contribution in [0.25, 0.3) is 28.1 Å². The zero-order valence-corrected chi connectivity index (χ0v) is 25.7. The molecule has 0 saturated carbocycles. The topological polar surface area (TPSA) is 81.8 Å². The van der Waals surface area contributed by atoms with Gasteiger partial charge in [0.05, 0.1) is 12.0 Å². The molecule has 1 atom stereocenters. The first-order valence-electron chi connectivity index (χ1n) is 15.1. The van der Waals surface area contributed by atoms with E-state index >= 15 is 0 Å². The number of nitrogens with zero attached hydrogens (tertiary/aromatic N) is 3. The van der Waals surface area contributed by atoms with Crippen LogP contribution in [-0.4, -0.2) is 39.9 Å². The summed E-state index contributed by atoms with van der Waals surface area (Å²) in [5.74, 6) is 0.919. The number of benzene rings is 3. The number of fused-ring (bicyclic) bond motifs is 2. The molecule has 1 heterocycles. The van der Waals surface area contributed by atoms with E-state index in [2.05, 4.69) is 64.5 Å². The quantitative estimate of drug-likeness (QED) is 0.108. The molecule has 6 rings (SSSR count). The normalized spacial score (nSPS) is 16.9. The molecule has 5 nitrogen and oxygen atoms in total. The van der Waals surface area contributed by atoms with E-state index in [1.165, 1.54) is 28.6 Å². The van der Waals surface area contributed by atoms with Crippen molar-refractivity contribution in [3.63, 3.8) is 0 Å². The fraction of sp³-hybridized carbons (Fsp3) is 0.278. The van der Waals surface area contributed by atoms with Gasteiger partial charge in [0.25, 0.3) is 0 Å². The molecule has 3 aromatic carbocycles. The molecule has 1 unspecified atom stereocenters. The van der Waals surface area contributed by atoms with Crippen molar-refractivity contribution >= 4 is 23.6 Å². The van der Waals surface area contributed by atoms with Crippen LogP contribution in [-0.2, 0) is 10.2 Å². The summed E-state index contributed by atoms with van der Waals surface area (Å²) in [6.45, 7) is -1.23. The summed E-state index contributed by atoms with van der Waals surface area (Å²) in [6, 6.07) is 28.8. The largest absolute Gasteiger partial charge is 0.400 e. The van der Waals surface area contributed by atoms with Crippen LogP contribution in [0.15, 0.2) is 108 Å². The van der Waals surface area contributed by atoms with E-state index in [0.717, 1.165) is 66.8 Å². The van der Waals surface area contributed by atoms with Gasteiger partial charge in [-0.05, 0) is 48.0 Å². The van der Waals surface area contributed by atoms with Gasteiger partial charge in [0.2, 0.25) is 5.16 Å². The Morgan fingerprint density at radius 1 is 0.844 bits per heavy atom. The molecule has 45 heavy (non-hydrogen) atoms. The Morgan fingerprint density at radius 2 is 1.49 bits per heavy atom. The zero-order valence-electron chi connectivity index (χ0n) is 24.8. The van der Waals surface area contributed by atoms with Gasteiger partial charge in [-0.1, -0.05) is 122 Å². The average molecular weight is 629 g/mol. The lowest BCUT2D eigenvalue weighted by molar-refractivity contribution is -0.118. The third kappa shape index (κ3) is 7.60. The van der Waals surface area contributed by atoms with Crippen LogP contribution in [0.3, 0.4) is 0 Å². The standard InChI is InChI=1S/C34H31N3OS.C2H4F3N/c38-24-34(29-20-10-8-18-27(29)28-19-9-11-21-30(28)34)22-12-3-13-23-39-33-35-31(25-14-4-1-5-15-25)32(36-37-33)26-16-6-2-7-17-26;3-2(4,5)1-6/h1-2,4-10,14-20,24H,3,11-13,21-23H2;1,6H2. The van der Waals surface area contributed by atoms with Crippen LogP contribution < -0.4 is 5.73 Å². The average Bonchev–Trinajstić information content (AvgIpc) is 3.37. The van der Waals surface area contributed by atoms with Crippen molar-refractivity contribution in [3.05, 3.63) is 114 Å². The Morgan fingerprint density at radius 3 is 2.16 bits per heavy atom. The second kappa shape index (κ2) is 14.8. The SMILES string of the molecule is NCC(F)(F)F.O=CC1(CCCCCSc2nnc(-c3ccccc3)c(-c3ccccc3)n2)C2=C(C=CCC2)c2ccccc21. The molecule has 0 radical (unpaired) electrons. The van der Waals surface area contributed by atoms with Gasteiger partial charge in [-0.3, -0.25) is 0 Å². The first-order chi connectivity index (χ1) is 21.9. The third-order valence-electron chi connectivity index (χ3n) is 8.05. The number of aromatic nitrogens is 3. The number of unbranched alkanes of at least 4 members (excludes halogenated alkanes) is 2. The molecule has 232 valence electrons. The highest BCUT2D eigenvalue weighted by Crippen LogP contribution is 2.51. The number of hydrogen-bond acceptors (Lipinski definition) is 6. The molecule has 0 aliphatic heterocycles. The lowest BCUT2D eigenvalue weighted by Gasteiger charge is -2.29. The van der Waals surface area contributed by atoms with Crippen molar-refractivity contribution in [1.29, 1.82) is 0 Å². The van der Waals surface area contributed by atoms with Gasteiger partial charge in [0.15, 0.2) is 0 Å². The number of hydrogen-bond donors (Lipinski definition) is 1. The second-order valence-corrected chi connectivity index (χ2v) is 12.0. The van der Waals surface area contributed by atoms with E-state index in [4.69, 9.17) is 4.98 Å². The Kier molecular flexibility index (Phi) is 10.6. The van der Waals surface area contributed by atoms with Crippen LogP contribution in [0.4, 0.5) is 13.2 Å². The van der Waals surface area contributed by atoms with Crippen molar-refractivity contribution in [2.45, 2.75) is 55.3 Å². The summed E-state index contributed by atoms with van der Waals surface area (Å²) in [5.41, 5.74) is 12.5. The van der Waals surface area contributed by atoms with E-state index in [1.807, 2.05) is 48.5 Å². The summed E-state index contributed by atoms with van der Waals surface area (Å²) in [6.07, 6.45) is 7.47. The molecule has 0 bridgehead atoms. The zero-order chi connectivity index (χ0) is 31.7. The minimum atomic E-state index is -4.18. The third-order valence-corrected chi connectivity index (χ3v) is 8.97. The Labute approximate surface area is 265 Å². The first kappa shape index (κ1) is 32.3. The minimum Gasteiger partial charge on any atom is -0.323 e. The van der Waals surface area contributed by atoms with Crippen LogP contribution in [0.1, 0.15) is 49.7 Å². The van der Waals surface area contributed by atoms with Gasteiger partial charge < -0.3 is 10.5 Å². The number of thioether (sulfide) groups is 1. The number of carbonyl (C=O) groups is 1. The number of halogens is 3. The maximum atomic E-state index is 12.6. The minimum absolute atomic E-state index is 0.464. The van der Waals surface area contributed by atoms with Crippen molar-refractivity contribution in [1.82, 2.24) is 15.2 Å². The molecule has 2 N–H and O–H groups in total. The summed E-state index contributed by atoms with van der Waals surface area (Å²) in [4.78, 5) is 17.6. The molecule has 0 saturated heterocycles. The molecule has 9 heteroatoms. The second-order valence-electron chi connectivity index (χ2n) is 11.0. The lowest BCUT2D eigenvalue weighted by atomic mass is 9.72. The van der Waals surface area contributed by atoms with E-state index < -0.39 is 18.1 Å². The van der Waals surface area contributed by atoms with Crippen LogP contribution >= 0.6 is 11.8 Å². The maximum Gasteiger partial charge on any atom is 0.400 e. The molecular weight excluding hydrogens is 593 g/mol. The molecular formula is C36H35F3N4OS. The van der Waals surface area contributed by atoms with E-state index in [-0.39, 0.29) is 0 Å². The smallest absolute Gasteiger partial charge is 0.323 e. The van der Waals surface area contributed by atoms with E-state index in [9.17, 15) is 18.0 Å². The number of alkyl halides is 3. The van der Waals surface area contributed by atoms with Crippen molar-refractivity contribution < 1.29 is 18.0 Å². The van der Waals surface area contributed by atoms with Gasteiger partial charge in [-0.15, -0.1) is 10.2 Å². The van der Waals surface area contributed by atoms with Crippen LogP contribution in [0.5, 0.6) is 0 Å². The summed E-state index contributed by atoms with van der Waals surface area (Å²) in [7, 11) is 0. The number of carbonyl (C=O) groups excluding carboxylic acids is 1. The fourth-order valence-corrected chi connectivity index (χ4v) is 6.72. The molecule has 2 aliphatic rings. The van der Waals surface area contributed by atoms with Gasteiger partial charge in [-0.25, -0.2) is 4.98 Å². The van der Waals surface area contributed by atoms with Crippen molar-refractivity contribution in [3.8, 4) is 22.5 Å². The molecule has 4 aromatic rings. The highest BCUT2D eigenvalue weighted by atomic mass is 32.2. The molecule has 0 amide bonds. The summed E-state index contributed by atoms with van der Waals surface area (Å²) < 4.78 is 32.0. The Bertz CT molecular complexity index is 1660. The predicted octanol–water partition coefficient (Wildman–Crippen LogP) is 8.62. The number of rotatable bonds is 10. The van der Waals surface area contributed by atoms with Gasteiger partial charge >= 0.3 is 6.18 Å². The van der Waals surface area contributed by atoms with E-state index in [1.54, 1.807) is 11.8 Å². The molecule has 2 aliphatic carbocycles. The number of nitrogens with two attached hydrogens (primary N) is 1.